The van der Waals surface area contributed by atoms with Crippen LogP contribution in [0.4, 0.5) is 0 Å². The van der Waals surface area contributed by atoms with Gasteiger partial charge in [0.15, 0.2) is 5.94 Å². The Balaban J connectivity index is 3.07. The summed E-state index contributed by atoms with van der Waals surface area (Å²) in [4.78, 5) is 0. The molecule has 0 unspecified atom stereocenters. The predicted octanol–water partition coefficient (Wildman–Crippen LogP) is -0.0986. The van der Waals surface area contributed by atoms with E-state index in [1.165, 1.54) is 0 Å². The van der Waals surface area contributed by atoms with Crippen molar-refractivity contribution in [3.63, 3.8) is 0 Å². The van der Waals surface area contributed by atoms with Crippen molar-refractivity contribution in [1.29, 1.82) is 0 Å². The highest BCUT2D eigenvalue weighted by Gasteiger charge is 2.02. The average Bonchev–Trinajstić information content (AvgIpc) is 2.08. The molecule has 0 fully saturated rings. The Bertz CT molecular complexity index is 212. The number of hydrogen-bond donors (Lipinski definition) is 1. The molecule has 0 aliphatic rings. The van der Waals surface area contributed by atoms with Crippen LogP contribution in [0, 0.1) is 0 Å². The average molecular weight is 228 g/mol. The molecule has 0 aliphatic carbocycles. The van der Waals surface area contributed by atoms with Crippen molar-refractivity contribution in [3.05, 3.63) is 0 Å². The summed E-state index contributed by atoms with van der Waals surface area (Å²) in [5.41, 5.74) is 0. The highest BCUT2D eigenvalue weighted by atomic mass is 32.2. The van der Waals surface area contributed by atoms with Crippen LogP contribution in [-0.2, 0) is 24.3 Å². The molecule has 0 rings (SSSR count). The Labute approximate surface area is 83.9 Å². The van der Waals surface area contributed by atoms with E-state index in [1.54, 1.807) is 0 Å². The molecule has 7 heteroatoms. The topological polar surface area (TPSA) is 82.1 Å². The van der Waals surface area contributed by atoms with Crippen LogP contribution >= 0.6 is 0 Å². The van der Waals surface area contributed by atoms with Gasteiger partial charge in [-0.1, -0.05) is 0 Å². The third-order valence-electron chi connectivity index (χ3n) is 1.18. The summed E-state index contributed by atoms with van der Waals surface area (Å²) in [6.45, 7) is 3.89. The van der Waals surface area contributed by atoms with Gasteiger partial charge in [-0.15, -0.1) is 0 Å². The van der Waals surface area contributed by atoms with Gasteiger partial charge in [0.05, 0.1) is 26.4 Å². The second kappa shape index (κ2) is 8.13. The fourth-order valence-electron chi connectivity index (χ4n) is 0.646. The van der Waals surface area contributed by atoms with E-state index in [0.29, 0.717) is 19.8 Å². The van der Waals surface area contributed by atoms with E-state index < -0.39 is 16.1 Å². The summed E-state index contributed by atoms with van der Waals surface area (Å²) in [5.74, 6) is -0.693. The standard InChI is InChI=1S/C7H16O6S/c1-2-11-3-4-12-5-6-13-7-14(8,9)10/h2-7H2,1H3,(H,8,9,10). The van der Waals surface area contributed by atoms with Crippen molar-refractivity contribution in [2.24, 2.45) is 0 Å². The molecule has 0 heterocycles. The Kier molecular flexibility index (Phi) is 8.01. The van der Waals surface area contributed by atoms with E-state index in [2.05, 4.69) is 4.74 Å². The number of ether oxygens (including phenoxy) is 3. The van der Waals surface area contributed by atoms with Gasteiger partial charge in [-0.2, -0.15) is 8.42 Å². The third kappa shape index (κ3) is 11.8. The molecule has 14 heavy (non-hydrogen) atoms. The van der Waals surface area contributed by atoms with Gasteiger partial charge in [0.1, 0.15) is 0 Å². The minimum Gasteiger partial charge on any atom is -0.379 e. The number of hydrogen-bond acceptors (Lipinski definition) is 5. The molecule has 0 spiro atoms. The Morgan fingerprint density at radius 3 is 2.00 bits per heavy atom. The van der Waals surface area contributed by atoms with Gasteiger partial charge in [-0.25, -0.2) is 0 Å². The normalized spacial score (nSPS) is 11.9. The summed E-state index contributed by atoms with van der Waals surface area (Å²) in [6.07, 6.45) is 0. The van der Waals surface area contributed by atoms with E-state index in [0.717, 1.165) is 0 Å². The van der Waals surface area contributed by atoms with Crippen molar-refractivity contribution in [2.45, 2.75) is 6.92 Å². The molecule has 6 nitrogen and oxygen atoms in total. The van der Waals surface area contributed by atoms with Crippen molar-refractivity contribution >= 4 is 10.1 Å². The molecule has 0 saturated heterocycles. The molecular formula is C7H16O6S. The van der Waals surface area contributed by atoms with Gasteiger partial charge < -0.3 is 14.2 Å². The molecule has 86 valence electrons. The predicted molar refractivity (Wildman–Crippen MR) is 49.7 cm³/mol. The molecule has 0 amide bonds. The Morgan fingerprint density at radius 2 is 1.50 bits per heavy atom. The first-order valence-electron chi connectivity index (χ1n) is 4.24. The van der Waals surface area contributed by atoms with E-state index >= 15 is 0 Å². The first-order chi connectivity index (χ1) is 6.56. The van der Waals surface area contributed by atoms with Gasteiger partial charge in [0.2, 0.25) is 0 Å². The second-order valence-corrected chi connectivity index (χ2v) is 3.82. The van der Waals surface area contributed by atoms with Gasteiger partial charge >= 0.3 is 0 Å². The summed E-state index contributed by atoms with van der Waals surface area (Å²) < 4.78 is 43.2. The first-order valence-corrected chi connectivity index (χ1v) is 5.85. The molecule has 0 aliphatic heterocycles. The van der Waals surface area contributed by atoms with E-state index in [-0.39, 0.29) is 13.2 Å². The van der Waals surface area contributed by atoms with E-state index in [4.69, 9.17) is 14.0 Å². The van der Waals surface area contributed by atoms with Gasteiger partial charge in [-0.05, 0) is 6.92 Å². The minimum absolute atomic E-state index is 0.131. The van der Waals surface area contributed by atoms with Crippen LogP contribution in [0.15, 0.2) is 0 Å². The molecule has 0 aromatic rings. The van der Waals surface area contributed by atoms with Crippen LogP contribution in [0.5, 0.6) is 0 Å². The summed E-state index contributed by atoms with van der Waals surface area (Å²) in [5, 5.41) is 0. The number of rotatable bonds is 9. The van der Waals surface area contributed by atoms with Crippen LogP contribution in [0.2, 0.25) is 0 Å². The van der Waals surface area contributed by atoms with Crippen LogP contribution in [0.25, 0.3) is 0 Å². The monoisotopic (exact) mass is 228 g/mol. The molecule has 0 bridgehead atoms. The molecular weight excluding hydrogens is 212 g/mol. The van der Waals surface area contributed by atoms with Crippen LogP contribution in [0.1, 0.15) is 6.92 Å². The van der Waals surface area contributed by atoms with Crippen molar-refractivity contribution < 1.29 is 27.2 Å². The van der Waals surface area contributed by atoms with Crippen molar-refractivity contribution in [3.8, 4) is 0 Å². The summed E-state index contributed by atoms with van der Waals surface area (Å²) in [6, 6.07) is 0. The SMILES string of the molecule is CCOCCOCCOCS(=O)(=O)O. The third-order valence-corrected chi connectivity index (χ3v) is 1.64. The van der Waals surface area contributed by atoms with Crippen LogP contribution < -0.4 is 0 Å². The molecule has 0 aromatic carbocycles. The highest BCUT2D eigenvalue weighted by molar-refractivity contribution is 7.85. The van der Waals surface area contributed by atoms with Crippen molar-refractivity contribution in [1.82, 2.24) is 0 Å². The molecule has 0 atom stereocenters. The van der Waals surface area contributed by atoms with E-state index in [9.17, 15) is 8.42 Å². The molecule has 1 N–H and O–H groups in total. The maximum Gasteiger partial charge on any atom is 0.289 e. The largest absolute Gasteiger partial charge is 0.379 e. The van der Waals surface area contributed by atoms with Gasteiger partial charge in [0, 0.05) is 6.61 Å². The Morgan fingerprint density at radius 1 is 1.00 bits per heavy atom. The van der Waals surface area contributed by atoms with Gasteiger partial charge in [-0.3, -0.25) is 4.55 Å². The zero-order valence-electron chi connectivity index (χ0n) is 8.14. The fourth-order valence-corrected chi connectivity index (χ4v) is 0.975. The summed E-state index contributed by atoms with van der Waals surface area (Å²) >= 11 is 0. The second-order valence-electron chi connectivity index (χ2n) is 2.42. The zero-order valence-corrected chi connectivity index (χ0v) is 8.96. The lowest BCUT2D eigenvalue weighted by atomic mass is 10.7. The highest BCUT2D eigenvalue weighted by Crippen LogP contribution is 1.85. The smallest absolute Gasteiger partial charge is 0.289 e. The lowest BCUT2D eigenvalue weighted by Gasteiger charge is -2.04. The minimum atomic E-state index is -4.03. The maximum atomic E-state index is 10.2. The molecule has 0 saturated carbocycles. The quantitative estimate of drug-likeness (QED) is 0.438. The summed E-state index contributed by atoms with van der Waals surface area (Å²) in [7, 11) is -4.03. The van der Waals surface area contributed by atoms with E-state index in [1.807, 2.05) is 6.92 Å². The first kappa shape index (κ1) is 13.8. The molecule has 0 radical (unpaired) electrons. The fraction of sp³-hybridized carbons (Fsp3) is 1.00. The zero-order chi connectivity index (χ0) is 10.9. The van der Waals surface area contributed by atoms with Crippen molar-refractivity contribution in [2.75, 3.05) is 39.0 Å². The van der Waals surface area contributed by atoms with Gasteiger partial charge in [0.25, 0.3) is 10.1 Å². The maximum absolute atomic E-state index is 10.2. The molecule has 0 aromatic heterocycles. The Hall–Kier alpha value is -0.210. The van der Waals surface area contributed by atoms with Crippen LogP contribution in [0.3, 0.4) is 0 Å². The lowest BCUT2D eigenvalue weighted by Crippen LogP contribution is -2.13. The van der Waals surface area contributed by atoms with Crippen LogP contribution in [-0.4, -0.2) is 51.9 Å². The lowest BCUT2D eigenvalue weighted by molar-refractivity contribution is 0.0243.